The van der Waals surface area contributed by atoms with Crippen molar-refractivity contribution in [1.82, 2.24) is 4.90 Å². The summed E-state index contributed by atoms with van der Waals surface area (Å²) < 4.78 is 0. The average molecular weight is 305 g/mol. The van der Waals surface area contributed by atoms with Crippen molar-refractivity contribution in [3.8, 4) is 11.8 Å². The van der Waals surface area contributed by atoms with Gasteiger partial charge in [0.2, 0.25) is 0 Å². The second-order valence-electron chi connectivity index (χ2n) is 6.36. The first kappa shape index (κ1) is 16.5. The second kappa shape index (κ2) is 8.58. The molecule has 1 aliphatic carbocycles. The number of hydrogen-bond donors (Lipinski definition) is 1. The maximum absolute atomic E-state index is 5.44. The molecule has 116 valence electrons. The fraction of sp³-hybridized carbons (Fsp3) is 0.667. The van der Waals surface area contributed by atoms with E-state index in [1.807, 2.05) is 11.3 Å². The van der Waals surface area contributed by atoms with Crippen LogP contribution < -0.4 is 5.73 Å². The second-order valence-corrected chi connectivity index (χ2v) is 7.53. The van der Waals surface area contributed by atoms with Crippen LogP contribution in [0, 0.1) is 17.8 Å². The fourth-order valence-corrected chi connectivity index (χ4v) is 3.86. The van der Waals surface area contributed by atoms with E-state index in [-0.39, 0.29) is 0 Å². The minimum absolute atomic E-state index is 0.440. The standard InChI is InChI=1S/C18H28N2S/c1-15(2)11-13-20(16-6-3-4-7-16)14-18-10-9-17(21-18)8-5-12-19/h9-10,15-16H,3-4,6-7,11-14,19H2,1-2H3. The Kier molecular flexibility index (Phi) is 6.76. The lowest BCUT2D eigenvalue weighted by Gasteiger charge is -2.29. The van der Waals surface area contributed by atoms with Gasteiger partial charge in [0.15, 0.2) is 0 Å². The summed E-state index contributed by atoms with van der Waals surface area (Å²) in [6.45, 7) is 7.39. The van der Waals surface area contributed by atoms with Crippen LogP contribution in [0.2, 0.25) is 0 Å². The zero-order valence-electron chi connectivity index (χ0n) is 13.4. The predicted molar refractivity (Wildman–Crippen MR) is 92.4 cm³/mol. The smallest absolute Gasteiger partial charge is 0.0772 e. The molecule has 21 heavy (non-hydrogen) atoms. The Bertz CT molecular complexity index is 475. The number of rotatable bonds is 6. The first-order valence-corrected chi connectivity index (χ1v) is 9.02. The summed E-state index contributed by atoms with van der Waals surface area (Å²) in [5.41, 5.74) is 5.44. The van der Waals surface area contributed by atoms with E-state index in [9.17, 15) is 0 Å². The van der Waals surface area contributed by atoms with Gasteiger partial charge in [0.05, 0.1) is 11.4 Å². The van der Waals surface area contributed by atoms with Crippen molar-refractivity contribution in [2.24, 2.45) is 11.7 Å². The third-order valence-corrected chi connectivity index (χ3v) is 5.15. The Hall–Kier alpha value is -0.820. The van der Waals surface area contributed by atoms with Crippen molar-refractivity contribution >= 4 is 11.3 Å². The molecule has 1 aromatic heterocycles. The Balaban J connectivity index is 1.97. The van der Waals surface area contributed by atoms with Gasteiger partial charge in [-0.3, -0.25) is 4.90 Å². The van der Waals surface area contributed by atoms with Crippen LogP contribution >= 0.6 is 11.3 Å². The molecule has 1 aromatic rings. The molecule has 0 aliphatic heterocycles. The summed E-state index contributed by atoms with van der Waals surface area (Å²) in [7, 11) is 0. The van der Waals surface area contributed by atoms with Crippen molar-refractivity contribution < 1.29 is 0 Å². The lowest BCUT2D eigenvalue weighted by Crippen LogP contribution is -2.33. The van der Waals surface area contributed by atoms with E-state index in [4.69, 9.17) is 5.73 Å². The first-order chi connectivity index (χ1) is 10.2. The molecule has 0 saturated heterocycles. The van der Waals surface area contributed by atoms with Gasteiger partial charge in [-0.1, -0.05) is 38.5 Å². The van der Waals surface area contributed by atoms with Crippen LogP contribution in [0.15, 0.2) is 12.1 Å². The lowest BCUT2D eigenvalue weighted by molar-refractivity contribution is 0.181. The largest absolute Gasteiger partial charge is 0.320 e. The molecular weight excluding hydrogens is 276 g/mol. The SMILES string of the molecule is CC(C)CCN(Cc1ccc(C#CCN)s1)C1CCCC1. The van der Waals surface area contributed by atoms with E-state index >= 15 is 0 Å². The zero-order chi connectivity index (χ0) is 15.1. The monoisotopic (exact) mass is 304 g/mol. The minimum Gasteiger partial charge on any atom is -0.320 e. The number of thiophene rings is 1. The van der Waals surface area contributed by atoms with Crippen LogP contribution in [0.1, 0.15) is 55.7 Å². The molecule has 1 heterocycles. The number of nitrogens with two attached hydrogens (primary N) is 1. The summed E-state index contributed by atoms with van der Waals surface area (Å²) >= 11 is 1.82. The van der Waals surface area contributed by atoms with Gasteiger partial charge in [0, 0.05) is 17.5 Å². The molecule has 0 amide bonds. The van der Waals surface area contributed by atoms with E-state index in [2.05, 4.69) is 42.7 Å². The van der Waals surface area contributed by atoms with Crippen LogP contribution in [-0.4, -0.2) is 24.0 Å². The highest BCUT2D eigenvalue weighted by Crippen LogP contribution is 2.27. The molecular formula is C18H28N2S. The number of nitrogens with zero attached hydrogens (tertiary/aromatic N) is 1. The summed E-state index contributed by atoms with van der Waals surface area (Å²) in [6, 6.07) is 5.17. The van der Waals surface area contributed by atoms with Crippen molar-refractivity contribution in [2.75, 3.05) is 13.1 Å². The van der Waals surface area contributed by atoms with Crippen LogP contribution in [0.25, 0.3) is 0 Å². The fourth-order valence-electron chi connectivity index (χ4n) is 2.95. The maximum atomic E-state index is 5.44. The molecule has 1 saturated carbocycles. The topological polar surface area (TPSA) is 29.3 Å². The van der Waals surface area contributed by atoms with Crippen LogP contribution in [0.5, 0.6) is 0 Å². The van der Waals surface area contributed by atoms with Crippen LogP contribution in [0.3, 0.4) is 0 Å². The number of hydrogen-bond acceptors (Lipinski definition) is 3. The van der Waals surface area contributed by atoms with Gasteiger partial charge in [0.1, 0.15) is 0 Å². The summed E-state index contributed by atoms with van der Waals surface area (Å²) in [5, 5.41) is 0. The van der Waals surface area contributed by atoms with E-state index < -0.39 is 0 Å². The minimum atomic E-state index is 0.440. The van der Waals surface area contributed by atoms with E-state index in [1.54, 1.807) is 0 Å². The first-order valence-electron chi connectivity index (χ1n) is 8.20. The van der Waals surface area contributed by atoms with E-state index in [1.165, 1.54) is 43.5 Å². The molecule has 0 atom stereocenters. The van der Waals surface area contributed by atoms with Gasteiger partial charge in [-0.05, 0) is 43.9 Å². The van der Waals surface area contributed by atoms with Crippen molar-refractivity contribution in [3.05, 3.63) is 21.9 Å². The average Bonchev–Trinajstić information content (AvgIpc) is 3.12. The molecule has 0 spiro atoms. The third kappa shape index (κ3) is 5.47. The molecule has 0 aromatic carbocycles. The molecule has 1 fully saturated rings. The van der Waals surface area contributed by atoms with Crippen molar-refractivity contribution in [3.63, 3.8) is 0 Å². The van der Waals surface area contributed by atoms with Crippen molar-refractivity contribution in [2.45, 2.75) is 58.5 Å². The van der Waals surface area contributed by atoms with Gasteiger partial charge in [-0.25, -0.2) is 0 Å². The highest BCUT2D eigenvalue weighted by atomic mass is 32.1. The summed E-state index contributed by atoms with van der Waals surface area (Å²) in [4.78, 5) is 5.29. The molecule has 1 aliphatic rings. The molecule has 0 radical (unpaired) electrons. The molecule has 0 unspecified atom stereocenters. The Morgan fingerprint density at radius 3 is 2.76 bits per heavy atom. The van der Waals surface area contributed by atoms with Gasteiger partial charge >= 0.3 is 0 Å². The van der Waals surface area contributed by atoms with E-state index in [0.29, 0.717) is 6.54 Å². The highest BCUT2D eigenvalue weighted by molar-refractivity contribution is 7.12. The lowest BCUT2D eigenvalue weighted by atomic mass is 10.1. The van der Waals surface area contributed by atoms with Crippen LogP contribution in [0.4, 0.5) is 0 Å². The zero-order valence-corrected chi connectivity index (χ0v) is 14.2. The molecule has 2 nitrogen and oxygen atoms in total. The van der Waals surface area contributed by atoms with E-state index in [0.717, 1.165) is 23.4 Å². The predicted octanol–water partition coefficient (Wildman–Crippen LogP) is 3.85. The Morgan fingerprint density at radius 2 is 2.10 bits per heavy atom. The summed E-state index contributed by atoms with van der Waals surface area (Å²) in [5.74, 6) is 6.86. The third-order valence-electron chi connectivity index (χ3n) is 4.17. The molecule has 0 bridgehead atoms. The van der Waals surface area contributed by atoms with Crippen molar-refractivity contribution in [1.29, 1.82) is 0 Å². The molecule has 2 rings (SSSR count). The highest BCUT2D eigenvalue weighted by Gasteiger charge is 2.22. The summed E-state index contributed by atoms with van der Waals surface area (Å²) in [6.07, 6.45) is 6.86. The van der Waals surface area contributed by atoms with Gasteiger partial charge in [-0.15, -0.1) is 11.3 Å². The normalized spacial score (nSPS) is 15.7. The molecule has 2 N–H and O–H groups in total. The quantitative estimate of drug-likeness (QED) is 0.809. The van der Waals surface area contributed by atoms with Crippen LogP contribution in [-0.2, 0) is 6.54 Å². The van der Waals surface area contributed by atoms with Gasteiger partial charge in [-0.2, -0.15) is 0 Å². The van der Waals surface area contributed by atoms with Gasteiger partial charge in [0.25, 0.3) is 0 Å². The maximum Gasteiger partial charge on any atom is 0.0772 e. The molecule has 3 heteroatoms. The van der Waals surface area contributed by atoms with Gasteiger partial charge < -0.3 is 5.73 Å². The Morgan fingerprint density at radius 1 is 1.33 bits per heavy atom. The Labute approximate surface area is 133 Å².